The van der Waals surface area contributed by atoms with Crippen LogP contribution in [0.15, 0.2) is 57.7 Å². The first kappa shape index (κ1) is 17.8. The van der Waals surface area contributed by atoms with E-state index < -0.39 is 5.76 Å². The fourth-order valence-electron chi connectivity index (χ4n) is 3.48. The van der Waals surface area contributed by atoms with Gasteiger partial charge in [-0.25, -0.2) is 4.79 Å². The van der Waals surface area contributed by atoms with Crippen LogP contribution in [0.3, 0.4) is 0 Å². The quantitative estimate of drug-likeness (QED) is 0.745. The molecule has 140 valence electrons. The van der Waals surface area contributed by atoms with Crippen molar-refractivity contribution in [3.8, 4) is 0 Å². The van der Waals surface area contributed by atoms with E-state index in [1.54, 1.807) is 22.8 Å². The average molecular weight is 386 g/mol. The van der Waals surface area contributed by atoms with Crippen LogP contribution in [-0.2, 0) is 11.5 Å². The van der Waals surface area contributed by atoms with Crippen LogP contribution < -0.4 is 11.1 Å². The van der Waals surface area contributed by atoms with Crippen molar-refractivity contribution in [2.45, 2.75) is 19.5 Å². The lowest BCUT2D eigenvalue weighted by molar-refractivity contribution is -0.121. The van der Waals surface area contributed by atoms with Crippen molar-refractivity contribution in [1.82, 2.24) is 9.47 Å². The fourth-order valence-corrected chi connectivity index (χ4v) is 3.64. The number of carbonyl (C=O) groups is 1. The summed E-state index contributed by atoms with van der Waals surface area (Å²) in [6.07, 6.45) is 1.52. The summed E-state index contributed by atoms with van der Waals surface area (Å²) in [5.41, 5.74) is 2.04. The van der Waals surface area contributed by atoms with Crippen LogP contribution in [0.1, 0.15) is 12.8 Å². The van der Waals surface area contributed by atoms with Gasteiger partial charge in [0.25, 0.3) is 0 Å². The molecule has 2 heterocycles. The summed E-state index contributed by atoms with van der Waals surface area (Å²) in [6, 6.07) is 14.7. The van der Waals surface area contributed by atoms with Crippen LogP contribution >= 0.6 is 11.6 Å². The molecule has 0 saturated carbocycles. The van der Waals surface area contributed by atoms with Crippen LogP contribution in [0.5, 0.6) is 0 Å². The van der Waals surface area contributed by atoms with Crippen molar-refractivity contribution in [1.29, 1.82) is 0 Å². The Bertz CT molecular complexity index is 1000. The van der Waals surface area contributed by atoms with E-state index in [4.69, 9.17) is 16.0 Å². The number of likely N-dealkylation sites (tertiary alicyclic amines) is 1. The van der Waals surface area contributed by atoms with Gasteiger partial charge in [-0.3, -0.25) is 14.3 Å². The van der Waals surface area contributed by atoms with Crippen molar-refractivity contribution >= 4 is 34.3 Å². The van der Waals surface area contributed by atoms with Gasteiger partial charge in [-0.15, -0.1) is 0 Å². The number of para-hydroxylation sites is 1. The summed E-state index contributed by atoms with van der Waals surface area (Å²) in [4.78, 5) is 26.8. The molecule has 0 atom stereocenters. The molecule has 1 aromatic heterocycles. The maximum atomic E-state index is 12.4. The Balaban J connectivity index is 1.38. The number of anilines is 1. The van der Waals surface area contributed by atoms with Crippen LogP contribution in [0.4, 0.5) is 5.69 Å². The van der Waals surface area contributed by atoms with Gasteiger partial charge in [-0.2, -0.15) is 0 Å². The van der Waals surface area contributed by atoms with Crippen LogP contribution in [-0.4, -0.2) is 28.5 Å². The molecule has 1 aliphatic rings. The Hall–Kier alpha value is -2.57. The zero-order valence-corrected chi connectivity index (χ0v) is 15.5. The highest BCUT2D eigenvalue weighted by atomic mass is 35.5. The molecule has 7 heteroatoms. The molecule has 1 aliphatic heterocycles. The van der Waals surface area contributed by atoms with Crippen LogP contribution in [0.2, 0.25) is 5.02 Å². The van der Waals surface area contributed by atoms with E-state index in [1.165, 1.54) is 0 Å². The van der Waals surface area contributed by atoms with E-state index >= 15 is 0 Å². The van der Waals surface area contributed by atoms with E-state index in [9.17, 15) is 9.59 Å². The minimum atomic E-state index is -0.392. The highest BCUT2D eigenvalue weighted by Crippen LogP contribution is 2.22. The maximum absolute atomic E-state index is 12.4. The van der Waals surface area contributed by atoms with Crippen molar-refractivity contribution < 1.29 is 9.21 Å². The smallest absolute Gasteiger partial charge is 0.408 e. The average Bonchev–Trinajstić information content (AvgIpc) is 2.97. The van der Waals surface area contributed by atoms with Gasteiger partial charge < -0.3 is 9.73 Å². The normalized spacial score (nSPS) is 15.9. The first-order valence-corrected chi connectivity index (χ1v) is 9.35. The summed E-state index contributed by atoms with van der Waals surface area (Å²) >= 11 is 5.96. The Morgan fingerprint density at radius 2 is 1.89 bits per heavy atom. The molecular weight excluding hydrogens is 366 g/mol. The summed E-state index contributed by atoms with van der Waals surface area (Å²) in [7, 11) is 0. The molecule has 1 amide bonds. The number of oxazole rings is 1. The van der Waals surface area contributed by atoms with Crippen molar-refractivity contribution in [3.63, 3.8) is 0 Å². The third kappa shape index (κ3) is 3.91. The number of halogens is 1. The third-order valence-electron chi connectivity index (χ3n) is 4.97. The van der Waals surface area contributed by atoms with Gasteiger partial charge >= 0.3 is 5.76 Å². The van der Waals surface area contributed by atoms with Gasteiger partial charge in [-0.05, 0) is 37.1 Å². The molecular formula is C20H20ClN3O3. The van der Waals surface area contributed by atoms with Gasteiger partial charge in [-0.1, -0.05) is 29.8 Å². The third-order valence-corrected chi connectivity index (χ3v) is 5.21. The minimum absolute atomic E-state index is 0.0157. The van der Waals surface area contributed by atoms with Gasteiger partial charge in [0.05, 0.1) is 12.2 Å². The predicted octanol–water partition coefficient (Wildman–Crippen LogP) is 3.56. The van der Waals surface area contributed by atoms with Gasteiger partial charge in [0.2, 0.25) is 5.91 Å². The monoisotopic (exact) mass is 385 g/mol. The zero-order chi connectivity index (χ0) is 18.8. The topological polar surface area (TPSA) is 67.5 Å². The number of amides is 1. The molecule has 0 unspecified atom stereocenters. The molecule has 0 aliphatic carbocycles. The summed E-state index contributed by atoms with van der Waals surface area (Å²) in [5.74, 6) is -0.351. The summed E-state index contributed by atoms with van der Waals surface area (Å²) < 4.78 is 6.89. The second-order valence-corrected chi connectivity index (χ2v) is 7.23. The van der Waals surface area contributed by atoms with Crippen molar-refractivity contribution in [3.05, 3.63) is 64.1 Å². The Morgan fingerprint density at radius 1 is 1.15 bits per heavy atom. The summed E-state index contributed by atoms with van der Waals surface area (Å²) in [6.45, 7) is 1.94. The molecule has 3 aromatic rings. The number of benzene rings is 2. The molecule has 1 N–H and O–H groups in total. The lowest BCUT2D eigenvalue weighted by Gasteiger charge is -2.31. The Kier molecular flexibility index (Phi) is 5.01. The molecule has 0 spiro atoms. The molecule has 1 fully saturated rings. The van der Waals surface area contributed by atoms with Gasteiger partial charge in [0, 0.05) is 35.8 Å². The van der Waals surface area contributed by atoms with E-state index in [2.05, 4.69) is 10.2 Å². The Morgan fingerprint density at radius 3 is 2.63 bits per heavy atom. The van der Waals surface area contributed by atoms with E-state index in [-0.39, 0.29) is 11.8 Å². The van der Waals surface area contributed by atoms with Crippen LogP contribution in [0.25, 0.3) is 11.1 Å². The number of nitrogens with one attached hydrogen (secondary N) is 1. The zero-order valence-electron chi connectivity index (χ0n) is 14.7. The largest absolute Gasteiger partial charge is 0.421 e. The second kappa shape index (κ2) is 7.58. The molecule has 6 nitrogen and oxygen atoms in total. The van der Waals surface area contributed by atoms with Crippen molar-refractivity contribution in [2.24, 2.45) is 5.92 Å². The fraction of sp³-hybridized carbons (Fsp3) is 0.300. The standard InChI is InChI=1S/C20H20ClN3O3/c21-15-6-7-17-18(12-15)27-20(26)24(17)13-23-10-8-14(9-11-23)19(25)22-16-4-2-1-3-5-16/h1-7,12,14H,8-11,13H2,(H,22,25). The number of nitrogens with zero attached hydrogens (tertiary/aromatic N) is 2. The lowest BCUT2D eigenvalue weighted by Crippen LogP contribution is -2.40. The number of hydrogen-bond donors (Lipinski definition) is 1. The molecule has 4 rings (SSSR count). The molecule has 0 bridgehead atoms. The van der Waals surface area contributed by atoms with Gasteiger partial charge in [0.15, 0.2) is 5.58 Å². The maximum Gasteiger partial charge on any atom is 0.421 e. The number of aromatic nitrogens is 1. The number of fused-ring (bicyclic) bond motifs is 1. The number of rotatable bonds is 4. The minimum Gasteiger partial charge on any atom is -0.408 e. The second-order valence-electron chi connectivity index (χ2n) is 6.80. The molecule has 27 heavy (non-hydrogen) atoms. The van der Waals surface area contributed by atoms with E-state index in [1.807, 2.05) is 30.3 Å². The molecule has 1 saturated heterocycles. The highest BCUT2D eigenvalue weighted by molar-refractivity contribution is 6.31. The van der Waals surface area contributed by atoms with Crippen LogP contribution in [0, 0.1) is 5.92 Å². The summed E-state index contributed by atoms with van der Waals surface area (Å²) in [5, 5.41) is 3.51. The Labute approximate surface area is 161 Å². The highest BCUT2D eigenvalue weighted by Gasteiger charge is 2.26. The number of piperidine rings is 1. The van der Waals surface area contributed by atoms with Crippen molar-refractivity contribution in [2.75, 3.05) is 18.4 Å². The predicted molar refractivity (Wildman–Crippen MR) is 105 cm³/mol. The first-order valence-electron chi connectivity index (χ1n) is 8.97. The lowest BCUT2D eigenvalue weighted by atomic mass is 9.96. The molecule has 0 radical (unpaired) electrons. The molecule has 2 aromatic carbocycles. The van der Waals surface area contributed by atoms with E-state index in [0.717, 1.165) is 37.1 Å². The van der Waals surface area contributed by atoms with Gasteiger partial charge in [0.1, 0.15) is 0 Å². The number of hydrogen-bond acceptors (Lipinski definition) is 4. The van der Waals surface area contributed by atoms with E-state index in [0.29, 0.717) is 17.3 Å². The first-order chi connectivity index (χ1) is 13.1. The SMILES string of the molecule is O=C(Nc1ccccc1)C1CCN(Cn2c(=O)oc3cc(Cl)ccc32)CC1. The number of carbonyl (C=O) groups excluding carboxylic acids is 1.